The second-order valence-corrected chi connectivity index (χ2v) is 4.10. The van der Waals surface area contributed by atoms with Crippen LogP contribution in [0.2, 0.25) is 0 Å². The van der Waals surface area contributed by atoms with Crippen LogP contribution in [0.5, 0.6) is 0 Å². The quantitative estimate of drug-likeness (QED) is 0.786. The Kier molecular flexibility index (Phi) is 2.10. The number of pyridine rings is 2. The smallest absolute Gasteiger partial charge is 0.124 e. The predicted molar refractivity (Wildman–Crippen MR) is 63.9 cm³/mol. The van der Waals surface area contributed by atoms with Crippen LogP contribution in [0.4, 0.5) is 5.82 Å². The van der Waals surface area contributed by atoms with Crippen molar-refractivity contribution in [3.05, 3.63) is 41.6 Å². The molecule has 3 rings (SSSR count). The molecule has 0 atom stereocenters. The van der Waals surface area contributed by atoms with Crippen LogP contribution >= 0.6 is 0 Å². The average molecular weight is 211 g/mol. The number of anilines is 1. The summed E-state index contributed by atoms with van der Waals surface area (Å²) in [5.74, 6) is 0.598. The molecule has 0 aliphatic heterocycles. The van der Waals surface area contributed by atoms with Crippen LogP contribution in [0.1, 0.15) is 17.5 Å². The van der Waals surface area contributed by atoms with E-state index in [1.807, 2.05) is 24.3 Å². The van der Waals surface area contributed by atoms with Gasteiger partial charge in [0.15, 0.2) is 0 Å². The van der Waals surface area contributed by atoms with E-state index in [-0.39, 0.29) is 0 Å². The molecule has 0 aromatic carbocycles. The van der Waals surface area contributed by atoms with Crippen LogP contribution < -0.4 is 5.73 Å². The zero-order valence-corrected chi connectivity index (χ0v) is 8.98. The first-order valence-electron chi connectivity index (χ1n) is 5.54. The van der Waals surface area contributed by atoms with Crippen molar-refractivity contribution < 1.29 is 0 Å². The summed E-state index contributed by atoms with van der Waals surface area (Å²) in [4.78, 5) is 8.78. The monoisotopic (exact) mass is 211 g/mol. The van der Waals surface area contributed by atoms with Crippen molar-refractivity contribution in [2.45, 2.75) is 19.3 Å². The Bertz CT molecular complexity index is 520. The summed E-state index contributed by atoms with van der Waals surface area (Å²) < 4.78 is 0. The molecule has 0 saturated carbocycles. The van der Waals surface area contributed by atoms with Crippen LogP contribution in [-0.4, -0.2) is 9.97 Å². The van der Waals surface area contributed by atoms with Gasteiger partial charge in [0.25, 0.3) is 0 Å². The molecule has 0 radical (unpaired) electrons. The van der Waals surface area contributed by atoms with Crippen LogP contribution in [0, 0.1) is 0 Å². The molecule has 1 aliphatic carbocycles. The maximum atomic E-state index is 5.83. The fourth-order valence-corrected chi connectivity index (χ4v) is 2.32. The minimum Gasteiger partial charge on any atom is -0.384 e. The van der Waals surface area contributed by atoms with E-state index in [0.29, 0.717) is 5.82 Å². The molecule has 80 valence electrons. The largest absolute Gasteiger partial charge is 0.384 e. The summed E-state index contributed by atoms with van der Waals surface area (Å²) in [7, 11) is 0. The van der Waals surface area contributed by atoms with Gasteiger partial charge in [0.2, 0.25) is 0 Å². The molecule has 0 unspecified atom stereocenters. The molecule has 2 heterocycles. The molecule has 3 nitrogen and oxygen atoms in total. The first-order chi connectivity index (χ1) is 7.84. The Balaban J connectivity index is 2.21. The van der Waals surface area contributed by atoms with E-state index in [4.69, 9.17) is 5.73 Å². The molecule has 0 saturated heterocycles. The SMILES string of the molecule is Nc1cc2c(c(-c3ccccn3)n1)CCC2. The highest BCUT2D eigenvalue weighted by molar-refractivity contribution is 5.64. The van der Waals surface area contributed by atoms with Gasteiger partial charge in [-0.1, -0.05) is 6.07 Å². The van der Waals surface area contributed by atoms with Gasteiger partial charge in [-0.05, 0) is 48.6 Å². The van der Waals surface area contributed by atoms with E-state index in [2.05, 4.69) is 9.97 Å². The van der Waals surface area contributed by atoms with E-state index < -0.39 is 0 Å². The molecule has 16 heavy (non-hydrogen) atoms. The van der Waals surface area contributed by atoms with Gasteiger partial charge in [0.1, 0.15) is 5.82 Å². The summed E-state index contributed by atoms with van der Waals surface area (Å²) in [5.41, 5.74) is 10.4. The summed E-state index contributed by atoms with van der Waals surface area (Å²) in [5, 5.41) is 0. The van der Waals surface area contributed by atoms with Crippen molar-refractivity contribution in [3.63, 3.8) is 0 Å². The summed E-state index contributed by atoms with van der Waals surface area (Å²) >= 11 is 0. The molecule has 2 aromatic rings. The highest BCUT2D eigenvalue weighted by Gasteiger charge is 2.18. The van der Waals surface area contributed by atoms with Gasteiger partial charge in [-0.25, -0.2) is 4.98 Å². The number of nitrogen functional groups attached to an aromatic ring is 1. The van der Waals surface area contributed by atoms with E-state index in [9.17, 15) is 0 Å². The minimum atomic E-state index is 0.598. The molecular formula is C13H13N3. The van der Waals surface area contributed by atoms with Crippen molar-refractivity contribution in [3.8, 4) is 11.4 Å². The van der Waals surface area contributed by atoms with Crippen LogP contribution in [0.3, 0.4) is 0 Å². The fraction of sp³-hybridized carbons (Fsp3) is 0.231. The van der Waals surface area contributed by atoms with Gasteiger partial charge in [-0.3, -0.25) is 4.98 Å². The van der Waals surface area contributed by atoms with E-state index in [1.54, 1.807) is 6.20 Å². The van der Waals surface area contributed by atoms with Crippen molar-refractivity contribution in [2.75, 3.05) is 5.73 Å². The lowest BCUT2D eigenvalue weighted by Gasteiger charge is -2.08. The maximum Gasteiger partial charge on any atom is 0.124 e. The molecule has 1 aliphatic rings. The molecule has 0 spiro atoms. The Morgan fingerprint density at radius 2 is 2.12 bits per heavy atom. The van der Waals surface area contributed by atoms with Gasteiger partial charge < -0.3 is 5.73 Å². The molecule has 3 heteroatoms. The maximum absolute atomic E-state index is 5.83. The molecule has 0 amide bonds. The predicted octanol–water partition coefficient (Wildman–Crippen LogP) is 2.21. The third kappa shape index (κ3) is 1.45. The molecule has 0 fully saturated rings. The highest BCUT2D eigenvalue weighted by atomic mass is 14.9. The number of rotatable bonds is 1. The van der Waals surface area contributed by atoms with Crippen LogP contribution in [-0.2, 0) is 12.8 Å². The average Bonchev–Trinajstić information content (AvgIpc) is 2.77. The number of hydrogen-bond donors (Lipinski definition) is 1. The van der Waals surface area contributed by atoms with Crippen LogP contribution in [0.25, 0.3) is 11.4 Å². The summed E-state index contributed by atoms with van der Waals surface area (Å²) in [6, 6.07) is 7.87. The second kappa shape index (κ2) is 3.59. The Morgan fingerprint density at radius 1 is 1.19 bits per heavy atom. The van der Waals surface area contributed by atoms with Crippen molar-refractivity contribution in [1.29, 1.82) is 0 Å². The lowest BCUT2D eigenvalue weighted by Crippen LogP contribution is -1.99. The van der Waals surface area contributed by atoms with Gasteiger partial charge >= 0.3 is 0 Å². The standard InChI is InChI=1S/C13H13N3/c14-12-8-9-4-3-5-10(9)13(16-12)11-6-1-2-7-15-11/h1-2,6-8H,3-5H2,(H2,14,16). The summed E-state index contributed by atoms with van der Waals surface area (Å²) in [6.45, 7) is 0. The highest BCUT2D eigenvalue weighted by Crippen LogP contribution is 2.31. The first-order valence-corrected chi connectivity index (χ1v) is 5.54. The molecular weight excluding hydrogens is 198 g/mol. The topological polar surface area (TPSA) is 51.8 Å². The Hall–Kier alpha value is -1.90. The van der Waals surface area contributed by atoms with Crippen molar-refractivity contribution in [2.24, 2.45) is 0 Å². The lowest BCUT2D eigenvalue weighted by molar-refractivity contribution is 0.911. The number of hydrogen-bond acceptors (Lipinski definition) is 3. The lowest BCUT2D eigenvalue weighted by atomic mass is 10.1. The van der Waals surface area contributed by atoms with Crippen LogP contribution in [0.15, 0.2) is 30.5 Å². The Morgan fingerprint density at radius 3 is 2.94 bits per heavy atom. The normalized spacial score (nSPS) is 13.8. The number of nitrogens with two attached hydrogens (primary N) is 1. The second-order valence-electron chi connectivity index (χ2n) is 4.10. The van der Waals surface area contributed by atoms with Crippen molar-refractivity contribution >= 4 is 5.82 Å². The molecule has 2 aromatic heterocycles. The molecule has 2 N–H and O–H groups in total. The zero-order valence-electron chi connectivity index (χ0n) is 8.98. The number of nitrogens with zero attached hydrogens (tertiary/aromatic N) is 2. The van der Waals surface area contributed by atoms with Crippen molar-refractivity contribution in [1.82, 2.24) is 9.97 Å². The fourth-order valence-electron chi connectivity index (χ4n) is 2.32. The zero-order chi connectivity index (χ0) is 11.0. The van der Waals surface area contributed by atoms with E-state index in [1.165, 1.54) is 17.5 Å². The minimum absolute atomic E-state index is 0.598. The van der Waals surface area contributed by atoms with Gasteiger partial charge in [-0.2, -0.15) is 0 Å². The first kappa shape index (κ1) is 9.33. The third-order valence-electron chi connectivity index (χ3n) is 3.02. The third-order valence-corrected chi connectivity index (χ3v) is 3.02. The number of aromatic nitrogens is 2. The van der Waals surface area contributed by atoms with Gasteiger partial charge in [0, 0.05) is 6.20 Å². The van der Waals surface area contributed by atoms with E-state index in [0.717, 1.165) is 24.2 Å². The molecule has 0 bridgehead atoms. The number of fused-ring (bicyclic) bond motifs is 1. The Labute approximate surface area is 94.4 Å². The summed E-state index contributed by atoms with van der Waals surface area (Å²) in [6.07, 6.45) is 5.19. The number of aryl methyl sites for hydroxylation is 1. The van der Waals surface area contributed by atoms with Gasteiger partial charge in [0.05, 0.1) is 11.4 Å². The van der Waals surface area contributed by atoms with E-state index >= 15 is 0 Å². The van der Waals surface area contributed by atoms with Gasteiger partial charge in [-0.15, -0.1) is 0 Å².